The fourth-order valence-electron chi connectivity index (χ4n) is 3.64. The fraction of sp³-hybridized carbons (Fsp3) is 0.550. The molecule has 0 aromatic carbocycles. The summed E-state index contributed by atoms with van der Waals surface area (Å²) >= 11 is 0. The molecule has 0 saturated carbocycles. The molecule has 1 amide bonds. The highest BCUT2D eigenvalue weighted by molar-refractivity contribution is 5.95. The first-order valence-electron chi connectivity index (χ1n) is 9.77. The van der Waals surface area contributed by atoms with Gasteiger partial charge in [-0.2, -0.15) is 5.10 Å². The second-order valence-corrected chi connectivity index (χ2v) is 7.20. The van der Waals surface area contributed by atoms with E-state index in [1.54, 1.807) is 20.3 Å². The second-order valence-electron chi connectivity index (χ2n) is 7.20. The van der Waals surface area contributed by atoms with Crippen LogP contribution in [0.4, 0.5) is 0 Å². The average molecular weight is 444 g/mol. The number of carbonyl (C=O) groups is 1. The van der Waals surface area contributed by atoms with Gasteiger partial charge in [0.1, 0.15) is 5.56 Å². The number of halogens is 2. The van der Waals surface area contributed by atoms with Crippen LogP contribution in [0.25, 0.3) is 0 Å². The van der Waals surface area contributed by atoms with Crippen LogP contribution in [-0.4, -0.2) is 51.3 Å². The first-order chi connectivity index (χ1) is 13.1. The maximum atomic E-state index is 13.1. The molecule has 3 heterocycles. The molecule has 1 fully saturated rings. The van der Waals surface area contributed by atoms with Crippen molar-refractivity contribution in [1.29, 1.82) is 0 Å². The summed E-state index contributed by atoms with van der Waals surface area (Å²) in [7, 11) is 0. The fourth-order valence-corrected chi connectivity index (χ4v) is 3.64. The van der Waals surface area contributed by atoms with Gasteiger partial charge in [0.25, 0.3) is 11.5 Å². The molecule has 1 aliphatic rings. The van der Waals surface area contributed by atoms with Crippen molar-refractivity contribution in [3.63, 3.8) is 0 Å². The Hall–Kier alpha value is -1.83. The number of rotatable bonds is 7. The van der Waals surface area contributed by atoms with Crippen LogP contribution in [0.5, 0.6) is 0 Å². The van der Waals surface area contributed by atoms with Crippen molar-refractivity contribution in [2.45, 2.75) is 39.8 Å². The Labute approximate surface area is 184 Å². The van der Waals surface area contributed by atoms with Gasteiger partial charge in [-0.1, -0.05) is 0 Å². The minimum atomic E-state index is -0.191. The van der Waals surface area contributed by atoms with Crippen LogP contribution in [0.15, 0.2) is 35.5 Å². The van der Waals surface area contributed by atoms with E-state index in [4.69, 9.17) is 0 Å². The minimum Gasteiger partial charge on any atom is -0.337 e. The monoisotopic (exact) mass is 443 g/mol. The quantitative estimate of drug-likeness (QED) is 0.712. The van der Waals surface area contributed by atoms with E-state index in [1.807, 2.05) is 38.4 Å². The number of piperidine rings is 1. The molecule has 29 heavy (non-hydrogen) atoms. The smallest absolute Gasteiger partial charge is 0.263 e. The van der Waals surface area contributed by atoms with Crippen molar-refractivity contribution in [2.24, 2.45) is 5.92 Å². The Morgan fingerprint density at radius 2 is 2.14 bits per heavy atom. The largest absolute Gasteiger partial charge is 0.337 e. The average Bonchev–Trinajstić information content (AvgIpc) is 3.19. The van der Waals surface area contributed by atoms with E-state index in [2.05, 4.69) is 10.4 Å². The Morgan fingerprint density at radius 3 is 2.76 bits per heavy atom. The Kier molecular flexibility index (Phi) is 10.4. The topological polar surface area (TPSA) is 72.2 Å². The summed E-state index contributed by atoms with van der Waals surface area (Å²) in [6.45, 7) is 8.09. The molecule has 0 radical (unpaired) electrons. The van der Waals surface area contributed by atoms with E-state index >= 15 is 0 Å². The normalized spacial score (nSPS) is 15.9. The molecule has 2 aromatic heterocycles. The number of likely N-dealkylation sites (N-methyl/N-ethyl adjacent to an activating group) is 1. The number of nitrogens with zero attached hydrogens (tertiary/aromatic N) is 4. The molecule has 1 N–H and O–H groups in total. The van der Waals surface area contributed by atoms with Crippen LogP contribution in [-0.2, 0) is 13.1 Å². The Bertz CT molecular complexity index is 817. The summed E-state index contributed by atoms with van der Waals surface area (Å²) in [5.41, 5.74) is 0.854. The van der Waals surface area contributed by atoms with E-state index in [9.17, 15) is 9.59 Å². The van der Waals surface area contributed by atoms with Crippen LogP contribution < -0.4 is 10.9 Å². The zero-order valence-corrected chi connectivity index (χ0v) is 18.7. The predicted molar refractivity (Wildman–Crippen MR) is 119 cm³/mol. The van der Waals surface area contributed by atoms with Crippen molar-refractivity contribution in [1.82, 2.24) is 24.6 Å². The first kappa shape index (κ1) is 25.2. The summed E-state index contributed by atoms with van der Waals surface area (Å²) in [6, 6.07) is 3.74. The molecule has 162 valence electrons. The SMILES string of the molecule is CCN(CCn1cccn1)C(=O)c1c(C)ccn(CC2CCCNC2)c1=O.Cl.Cl. The van der Waals surface area contributed by atoms with E-state index in [0.29, 0.717) is 37.7 Å². The maximum Gasteiger partial charge on any atom is 0.263 e. The van der Waals surface area contributed by atoms with Crippen LogP contribution in [0, 0.1) is 12.8 Å². The molecular formula is C20H31Cl2N5O2. The summed E-state index contributed by atoms with van der Waals surface area (Å²) in [4.78, 5) is 27.8. The lowest BCUT2D eigenvalue weighted by Crippen LogP contribution is -2.40. The number of pyridine rings is 1. The number of amides is 1. The number of hydrogen-bond acceptors (Lipinski definition) is 4. The molecular weight excluding hydrogens is 413 g/mol. The summed E-state index contributed by atoms with van der Waals surface area (Å²) in [6.07, 6.45) is 7.66. The van der Waals surface area contributed by atoms with Gasteiger partial charge < -0.3 is 14.8 Å². The third-order valence-corrected chi connectivity index (χ3v) is 5.27. The van der Waals surface area contributed by atoms with Crippen molar-refractivity contribution in [2.75, 3.05) is 26.2 Å². The molecule has 7 nitrogen and oxygen atoms in total. The Balaban J connectivity index is 0.00000210. The summed E-state index contributed by atoms with van der Waals surface area (Å²) < 4.78 is 3.50. The van der Waals surface area contributed by atoms with Crippen molar-refractivity contribution >= 4 is 30.7 Å². The number of carbonyl (C=O) groups excluding carboxylic acids is 1. The lowest BCUT2D eigenvalue weighted by atomic mass is 9.99. The molecule has 0 bridgehead atoms. The number of aromatic nitrogens is 3. The van der Waals surface area contributed by atoms with Gasteiger partial charge in [0.15, 0.2) is 0 Å². The van der Waals surface area contributed by atoms with Gasteiger partial charge in [0, 0.05) is 38.2 Å². The van der Waals surface area contributed by atoms with Crippen LogP contribution in [0.2, 0.25) is 0 Å². The van der Waals surface area contributed by atoms with E-state index in [0.717, 1.165) is 31.5 Å². The van der Waals surface area contributed by atoms with Crippen molar-refractivity contribution < 1.29 is 4.79 Å². The molecule has 2 aromatic rings. The highest BCUT2D eigenvalue weighted by Crippen LogP contribution is 2.13. The number of hydrogen-bond donors (Lipinski definition) is 1. The highest BCUT2D eigenvalue weighted by atomic mass is 35.5. The Morgan fingerprint density at radius 1 is 1.34 bits per heavy atom. The van der Waals surface area contributed by atoms with Gasteiger partial charge in [-0.25, -0.2) is 0 Å². The highest BCUT2D eigenvalue weighted by Gasteiger charge is 2.22. The van der Waals surface area contributed by atoms with Gasteiger partial charge >= 0.3 is 0 Å². The third-order valence-electron chi connectivity index (χ3n) is 5.27. The molecule has 1 aliphatic heterocycles. The standard InChI is InChI=1S/C20H29N5O2.2ClH/c1-3-23(12-13-25-10-5-9-22-25)19(26)18-16(2)7-11-24(20(18)27)15-17-6-4-8-21-14-17;;/h5,7,9-11,17,21H,3-4,6,8,12-15H2,1-2H3;2*1H. The molecule has 1 atom stereocenters. The van der Waals surface area contributed by atoms with E-state index in [1.165, 1.54) is 0 Å². The maximum absolute atomic E-state index is 13.1. The van der Waals surface area contributed by atoms with E-state index in [-0.39, 0.29) is 36.3 Å². The van der Waals surface area contributed by atoms with Crippen molar-refractivity contribution in [3.05, 3.63) is 52.2 Å². The lowest BCUT2D eigenvalue weighted by Gasteiger charge is -2.25. The second kappa shape index (κ2) is 12.0. The minimum absolute atomic E-state index is 0. The number of aryl methyl sites for hydroxylation is 1. The van der Waals surface area contributed by atoms with Gasteiger partial charge in [-0.15, -0.1) is 24.8 Å². The van der Waals surface area contributed by atoms with Crippen LogP contribution in [0.1, 0.15) is 35.7 Å². The van der Waals surface area contributed by atoms with Crippen LogP contribution >= 0.6 is 24.8 Å². The summed E-state index contributed by atoms with van der Waals surface area (Å²) in [5.74, 6) is 0.243. The third kappa shape index (κ3) is 6.32. The molecule has 0 aliphatic carbocycles. The molecule has 9 heteroatoms. The van der Waals surface area contributed by atoms with Crippen molar-refractivity contribution in [3.8, 4) is 0 Å². The van der Waals surface area contributed by atoms with Gasteiger partial charge in [-0.05, 0) is 63.4 Å². The van der Waals surface area contributed by atoms with E-state index < -0.39 is 0 Å². The van der Waals surface area contributed by atoms with Gasteiger partial charge in [0.2, 0.25) is 0 Å². The molecule has 0 spiro atoms. The molecule has 3 rings (SSSR count). The zero-order chi connectivity index (χ0) is 19.2. The van der Waals surface area contributed by atoms with Crippen LogP contribution in [0.3, 0.4) is 0 Å². The van der Waals surface area contributed by atoms with Gasteiger partial charge in [0.05, 0.1) is 6.54 Å². The first-order valence-corrected chi connectivity index (χ1v) is 9.77. The molecule has 1 unspecified atom stereocenters. The molecule has 1 saturated heterocycles. The lowest BCUT2D eigenvalue weighted by molar-refractivity contribution is 0.0754. The predicted octanol–water partition coefficient (Wildman–Crippen LogP) is 2.36. The number of nitrogens with one attached hydrogen (secondary N) is 1. The van der Waals surface area contributed by atoms with Gasteiger partial charge in [-0.3, -0.25) is 14.3 Å². The zero-order valence-electron chi connectivity index (χ0n) is 17.0. The summed E-state index contributed by atoms with van der Waals surface area (Å²) in [5, 5.41) is 7.56.